The van der Waals surface area contributed by atoms with Gasteiger partial charge in [0.15, 0.2) is 0 Å². The van der Waals surface area contributed by atoms with Gasteiger partial charge in [-0.1, -0.05) is 6.92 Å². The summed E-state index contributed by atoms with van der Waals surface area (Å²) in [5, 5.41) is 0. The molecule has 0 amide bonds. The molecule has 18 heavy (non-hydrogen) atoms. The predicted octanol–water partition coefficient (Wildman–Crippen LogP) is 0.981. The minimum atomic E-state index is 0.399. The van der Waals surface area contributed by atoms with Crippen molar-refractivity contribution in [2.75, 3.05) is 66.5 Å². The fraction of sp³-hybridized carbons (Fsp3) is 1.00. The molecule has 0 aromatic carbocycles. The van der Waals surface area contributed by atoms with Crippen LogP contribution in [0.3, 0.4) is 0 Å². The normalized spacial score (nSPS) is 20.5. The molecule has 108 valence electrons. The topological polar surface area (TPSA) is 19.0 Å². The van der Waals surface area contributed by atoms with Crippen LogP contribution in [0.2, 0.25) is 0 Å². The summed E-state index contributed by atoms with van der Waals surface area (Å²) in [5.74, 6) is 0. The van der Waals surface area contributed by atoms with Gasteiger partial charge in [-0.2, -0.15) is 0 Å². The molecule has 1 aliphatic rings. The van der Waals surface area contributed by atoms with Crippen LogP contribution < -0.4 is 0 Å². The Hall–Kier alpha value is -0.160. The Morgan fingerprint density at radius 2 is 1.83 bits per heavy atom. The summed E-state index contributed by atoms with van der Waals surface area (Å²) in [4.78, 5) is 7.34. The lowest BCUT2D eigenvalue weighted by Crippen LogP contribution is -2.46. The van der Waals surface area contributed by atoms with Crippen molar-refractivity contribution in [3.63, 3.8) is 0 Å². The van der Waals surface area contributed by atoms with Crippen molar-refractivity contribution in [1.29, 1.82) is 0 Å². The molecule has 1 unspecified atom stereocenters. The second-order valence-corrected chi connectivity index (χ2v) is 5.54. The van der Waals surface area contributed by atoms with Crippen LogP contribution >= 0.6 is 0 Å². The van der Waals surface area contributed by atoms with Crippen molar-refractivity contribution in [1.82, 2.24) is 14.7 Å². The van der Waals surface area contributed by atoms with Gasteiger partial charge in [-0.15, -0.1) is 0 Å². The summed E-state index contributed by atoms with van der Waals surface area (Å²) in [6.45, 7) is 13.4. The average Bonchev–Trinajstić information content (AvgIpc) is 2.38. The molecule has 4 nitrogen and oxygen atoms in total. The van der Waals surface area contributed by atoms with Gasteiger partial charge < -0.3 is 14.5 Å². The third kappa shape index (κ3) is 6.69. The maximum absolute atomic E-state index is 5.71. The fourth-order valence-corrected chi connectivity index (χ4v) is 2.02. The van der Waals surface area contributed by atoms with Gasteiger partial charge in [0.25, 0.3) is 0 Å². The van der Waals surface area contributed by atoms with Gasteiger partial charge in [0.2, 0.25) is 0 Å². The van der Waals surface area contributed by atoms with E-state index in [-0.39, 0.29) is 0 Å². The monoisotopic (exact) mass is 257 g/mol. The van der Waals surface area contributed by atoms with E-state index in [4.69, 9.17) is 4.74 Å². The first kappa shape index (κ1) is 15.9. The standard InChI is InChI=1S/C14H31N3O/c1-5-14(2)18-13-12-16(4)8-11-17-9-6-15(3)7-10-17/h14H,5-13H2,1-4H3. The molecule has 0 N–H and O–H groups in total. The summed E-state index contributed by atoms with van der Waals surface area (Å²) in [6.07, 6.45) is 1.50. The van der Waals surface area contributed by atoms with Crippen LogP contribution in [-0.4, -0.2) is 87.3 Å². The molecule has 1 saturated heterocycles. The zero-order chi connectivity index (χ0) is 13.4. The van der Waals surface area contributed by atoms with Gasteiger partial charge >= 0.3 is 0 Å². The van der Waals surface area contributed by atoms with E-state index in [0.717, 1.165) is 26.1 Å². The summed E-state index contributed by atoms with van der Waals surface area (Å²) in [7, 11) is 4.39. The van der Waals surface area contributed by atoms with Gasteiger partial charge in [0.1, 0.15) is 0 Å². The molecule has 4 heteroatoms. The molecule has 1 rings (SSSR count). The van der Waals surface area contributed by atoms with Crippen molar-refractivity contribution in [2.45, 2.75) is 26.4 Å². The van der Waals surface area contributed by atoms with Crippen molar-refractivity contribution in [2.24, 2.45) is 0 Å². The van der Waals surface area contributed by atoms with E-state index in [9.17, 15) is 0 Å². The Morgan fingerprint density at radius 1 is 1.17 bits per heavy atom. The first-order chi connectivity index (χ1) is 8.61. The van der Waals surface area contributed by atoms with Crippen molar-refractivity contribution in [3.8, 4) is 0 Å². The molecule has 0 aromatic rings. The minimum Gasteiger partial charge on any atom is -0.377 e. The van der Waals surface area contributed by atoms with E-state index in [0.29, 0.717) is 6.10 Å². The maximum Gasteiger partial charge on any atom is 0.0596 e. The van der Waals surface area contributed by atoms with Gasteiger partial charge in [-0.3, -0.25) is 4.90 Å². The van der Waals surface area contributed by atoms with E-state index in [1.807, 2.05) is 0 Å². The number of likely N-dealkylation sites (N-methyl/N-ethyl adjacent to an activating group) is 2. The smallest absolute Gasteiger partial charge is 0.0596 e. The van der Waals surface area contributed by atoms with Gasteiger partial charge in [0.05, 0.1) is 12.7 Å². The number of hydrogen-bond donors (Lipinski definition) is 0. The molecule has 1 fully saturated rings. The summed E-state index contributed by atoms with van der Waals surface area (Å²) < 4.78 is 5.71. The molecule has 0 aromatic heterocycles. The lowest BCUT2D eigenvalue weighted by atomic mass is 10.3. The first-order valence-electron chi connectivity index (χ1n) is 7.33. The second kappa shape index (κ2) is 8.86. The molecule has 1 atom stereocenters. The van der Waals surface area contributed by atoms with Crippen LogP contribution in [-0.2, 0) is 4.74 Å². The Balaban J connectivity index is 2.01. The molecular weight excluding hydrogens is 226 g/mol. The average molecular weight is 257 g/mol. The highest BCUT2D eigenvalue weighted by atomic mass is 16.5. The molecule has 0 spiro atoms. The number of ether oxygens (including phenoxy) is 1. The lowest BCUT2D eigenvalue weighted by molar-refractivity contribution is 0.0479. The second-order valence-electron chi connectivity index (χ2n) is 5.54. The third-order valence-corrected chi connectivity index (χ3v) is 3.84. The summed E-state index contributed by atoms with van der Waals surface area (Å²) in [6, 6.07) is 0. The molecule has 0 saturated carbocycles. The van der Waals surface area contributed by atoms with Crippen LogP contribution in [0.5, 0.6) is 0 Å². The van der Waals surface area contributed by atoms with Crippen molar-refractivity contribution >= 4 is 0 Å². The highest BCUT2D eigenvalue weighted by molar-refractivity contribution is 4.70. The Kier molecular flexibility index (Phi) is 7.82. The Labute approximate surface area is 113 Å². The van der Waals surface area contributed by atoms with Crippen LogP contribution in [0.1, 0.15) is 20.3 Å². The third-order valence-electron chi connectivity index (χ3n) is 3.84. The minimum absolute atomic E-state index is 0.399. The van der Waals surface area contributed by atoms with E-state index < -0.39 is 0 Å². The highest BCUT2D eigenvalue weighted by Gasteiger charge is 2.13. The maximum atomic E-state index is 5.71. The highest BCUT2D eigenvalue weighted by Crippen LogP contribution is 1.99. The van der Waals surface area contributed by atoms with E-state index in [2.05, 4.69) is 42.6 Å². The number of piperazine rings is 1. The quantitative estimate of drug-likeness (QED) is 0.645. The van der Waals surface area contributed by atoms with Crippen LogP contribution in [0.25, 0.3) is 0 Å². The number of hydrogen-bond acceptors (Lipinski definition) is 4. The Morgan fingerprint density at radius 3 is 2.44 bits per heavy atom. The van der Waals surface area contributed by atoms with Crippen molar-refractivity contribution in [3.05, 3.63) is 0 Å². The molecule has 0 aliphatic carbocycles. The van der Waals surface area contributed by atoms with Crippen LogP contribution in [0.4, 0.5) is 0 Å². The van der Waals surface area contributed by atoms with E-state index >= 15 is 0 Å². The van der Waals surface area contributed by atoms with Gasteiger partial charge in [-0.05, 0) is 27.4 Å². The zero-order valence-corrected chi connectivity index (χ0v) is 12.7. The SMILES string of the molecule is CCC(C)OCCN(C)CCN1CCN(C)CC1. The number of rotatable bonds is 8. The van der Waals surface area contributed by atoms with Gasteiger partial charge in [0, 0.05) is 45.8 Å². The van der Waals surface area contributed by atoms with Gasteiger partial charge in [-0.25, -0.2) is 0 Å². The van der Waals surface area contributed by atoms with Crippen molar-refractivity contribution < 1.29 is 4.74 Å². The molecule has 1 aliphatic heterocycles. The lowest BCUT2D eigenvalue weighted by Gasteiger charge is -2.33. The van der Waals surface area contributed by atoms with E-state index in [1.54, 1.807) is 0 Å². The summed E-state index contributed by atoms with van der Waals surface area (Å²) >= 11 is 0. The first-order valence-corrected chi connectivity index (χ1v) is 7.33. The van der Waals surface area contributed by atoms with Crippen LogP contribution in [0.15, 0.2) is 0 Å². The molecule has 0 bridgehead atoms. The zero-order valence-electron chi connectivity index (χ0n) is 12.7. The molecule has 1 heterocycles. The molecular formula is C14H31N3O. The van der Waals surface area contributed by atoms with E-state index in [1.165, 1.54) is 32.7 Å². The number of nitrogens with zero attached hydrogens (tertiary/aromatic N) is 3. The molecule has 0 radical (unpaired) electrons. The summed E-state index contributed by atoms with van der Waals surface area (Å²) in [5.41, 5.74) is 0. The largest absolute Gasteiger partial charge is 0.377 e. The van der Waals surface area contributed by atoms with Crippen LogP contribution in [0, 0.1) is 0 Å². The predicted molar refractivity (Wildman–Crippen MR) is 77.1 cm³/mol. The Bertz CT molecular complexity index is 205. The fourth-order valence-electron chi connectivity index (χ4n) is 2.02.